The summed E-state index contributed by atoms with van der Waals surface area (Å²) >= 11 is 0. The molecule has 39 heavy (non-hydrogen) atoms. The molecule has 0 atom stereocenters. The fourth-order valence-corrected chi connectivity index (χ4v) is 6.09. The number of rotatable bonds is 10. The summed E-state index contributed by atoms with van der Waals surface area (Å²) in [5, 5.41) is 6.12. The average molecular weight is 529 g/mol. The van der Waals surface area contributed by atoms with E-state index in [0.717, 1.165) is 90.0 Å². The average Bonchev–Trinajstić information content (AvgIpc) is 3.54. The largest absolute Gasteiger partial charge is 0.358 e. The summed E-state index contributed by atoms with van der Waals surface area (Å²) in [6, 6.07) is 0. The van der Waals surface area contributed by atoms with Gasteiger partial charge in [-0.15, -0.1) is 0 Å². The van der Waals surface area contributed by atoms with Crippen molar-refractivity contribution in [1.82, 2.24) is 20.6 Å². The van der Waals surface area contributed by atoms with Crippen molar-refractivity contribution >= 4 is 24.0 Å². The number of aromatic amines is 2. The first-order valence-electron chi connectivity index (χ1n) is 14.5. The van der Waals surface area contributed by atoms with E-state index in [1.165, 1.54) is 33.6 Å². The van der Waals surface area contributed by atoms with Crippen LogP contribution in [0.1, 0.15) is 112 Å². The van der Waals surface area contributed by atoms with Gasteiger partial charge < -0.3 is 20.6 Å². The summed E-state index contributed by atoms with van der Waals surface area (Å²) in [5.41, 5.74) is 15.4. The van der Waals surface area contributed by atoms with Crippen molar-refractivity contribution in [1.29, 1.82) is 0 Å². The van der Waals surface area contributed by atoms with Crippen LogP contribution in [-0.4, -0.2) is 21.8 Å². The van der Waals surface area contributed by atoms with Crippen molar-refractivity contribution in [3.8, 4) is 0 Å². The third kappa shape index (κ3) is 5.34. The maximum absolute atomic E-state index is 12.3. The Kier molecular flexibility index (Phi) is 8.53. The van der Waals surface area contributed by atoms with E-state index in [-0.39, 0.29) is 11.8 Å². The third-order valence-corrected chi connectivity index (χ3v) is 8.38. The van der Waals surface area contributed by atoms with Crippen LogP contribution >= 0.6 is 0 Å². The number of allylic oxidation sites excluding steroid dienone is 2. The molecule has 2 amide bonds. The van der Waals surface area contributed by atoms with E-state index < -0.39 is 0 Å². The zero-order valence-electron chi connectivity index (χ0n) is 24.9. The van der Waals surface area contributed by atoms with Gasteiger partial charge in [0.1, 0.15) is 0 Å². The minimum absolute atomic E-state index is 0.00115. The van der Waals surface area contributed by atoms with Gasteiger partial charge in [-0.3, -0.25) is 9.59 Å². The fourth-order valence-electron chi connectivity index (χ4n) is 6.09. The Morgan fingerprint density at radius 2 is 1.00 bits per heavy atom. The molecule has 0 spiro atoms. The molecule has 0 radical (unpaired) electrons. The van der Waals surface area contributed by atoms with E-state index >= 15 is 0 Å². The number of aromatic nitrogens is 2. The molecule has 6 nitrogen and oxygen atoms in total. The van der Waals surface area contributed by atoms with E-state index in [2.05, 4.69) is 74.3 Å². The lowest BCUT2D eigenvalue weighted by atomic mass is 9.98. The number of hydrogen-bond donors (Lipinski definition) is 4. The Hall–Kier alpha value is -3.54. The molecule has 0 unspecified atom stereocenters. The van der Waals surface area contributed by atoms with Gasteiger partial charge in [-0.1, -0.05) is 40.5 Å². The predicted octanol–water partition coefficient (Wildman–Crippen LogP) is 6.85. The highest BCUT2D eigenvalue weighted by atomic mass is 16.2. The van der Waals surface area contributed by atoms with Gasteiger partial charge >= 0.3 is 0 Å². The molecule has 0 fully saturated rings. The smallest absolute Gasteiger partial charge is 0.251 e. The number of carbonyl (C=O) groups is 2. The van der Waals surface area contributed by atoms with Crippen LogP contribution in [0.25, 0.3) is 12.2 Å². The van der Waals surface area contributed by atoms with E-state index in [4.69, 9.17) is 0 Å². The Morgan fingerprint density at radius 3 is 1.33 bits per heavy atom. The van der Waals surface area contributed by atoms with Crippen molar-refractivity contribution in [3.05, 3.63) is 78.7 Å². The second-order valence-electron chi connectivity index (χ2n) is 10.9. The zero-order valence-corrected chi connectivity index (χ0v) is 24.9. The summed E-state index contributed by atoms with van der Waals surface area (Å²) < 4.78 is 0. The standard InChI is InChI=1S/C33H44N4O2/c1-9-13-24-18(5)26(15-28-22(11-3)20(7)32(38)36-28)34-30(24)17-31-25(14-10-2)19(6)27(35-31)16-29-23(12-4)21(8)33(39)37-29/h15-16,34-35H,9-14,17H2,1-8H3,(H,36,38)(H,37,39)/b28-15-,29-16-. The Labute approximate surface area is 233 Å². The van der Waals surface area contributed by atoms with E-state index in [1.807, 2.05) is 13.8 Å². The number of H-pyrrole nitrogens is 2. The highest BCUT2D eigenvalue weighted by molar-refractivity contribution is 6.01. The second-order valence-corrected chi connectivity index (χ2v) is 10.9. The van der Waals surface area contributed by atoms with Gasteiger partial charge in [-0.05, 0) is 98.9 Å². The quantitative estimate of drug-likeness (QED) is 0.272. The van der Waals surface area contributed by atoms with Crippen molar-refractivity contribution < 1.29 is 9.59 Å². The molecule has 208 valence electrons. The van der Waals surface area contributed by atoms with E-state index in [9.17, 15) is 9.59 Å². The first-order valence-corrected chi connectivity index (χ1v) is 14.5. The van der Waals surface area contributed by atoms with Gasteiger partial charge in [0, 0.05) is 51.7 Å². The molecule has 4 rings (SSSR count). The lowest BCUT2D eigenvalue weighted by Crippen LogP contribution is -2.15. The molecule has 4 N–H and O–H groups in total. The summed E-state index contributed by atoms with van der Waals surface area (Å²) in [5.74, 6) is -0.00231. The van der Waals surface area contributed by atoms with Gasteiger partial charge in [0.15, 0.2) is 0 Å². The Balaban J connectivity index is 1.75. The third-order valence-electron chi connectivity index (χ3n) is 8.38. The van der Waals surface area contributed by atoms with Gasteiger partial charge in [-0.25, -0.2) is 0 Å². The van der Waals surface area contributed by atoms with Gasteiger partial charge in [-0.2, -0.15) is 0 Å². The second kappa shape index (κ2) is 11.7. The van der Waals surface area contributed by atoms with Crippen molar-refractivity contribution in [3.63, 3.8) is 0 Å². The molecule has 6 heteroatoms. The number of nitrogens with one attached hydrogen (secondary N) is 4. The minimum atomic E-state index is -0.00115. The monoisotopic (exact) mass is 528 g/mol. The lowest BCUT2D eigenvalue weighted by molar-refractivity contribution is -0.117. The first kappa shape index (κ1) is 28.5. The lowest BCUT2D eigenvalue weighted by Gasteiger charge is -2.07. The van der Waals surface area contributed by atoms with Crippen LogP contribution in [-0.2, 0) is 28.9 Å². The molecule has 2 aromatic heterocycles. The van der Waals surface area contributed by atoms with E-state index in [1.54, 1.807) is 0 Å². The molecule has 2 aromatic rings. The van der Waals surface area contributed by atoms with Crippen molar-refractivity contribution in [2.75, 3.05) is 0 Å². The molecular formula is C33H44N4O2. The number of hydrogen-bond acceptors (Lipinski definition) is 2. The van der Waals surface area contributed by atoms with Crippen LogP contribution in [0.15, 0.2) is 33.7 Å². The minimum Gasteiger partial charge on any atom is -0.358 e. The van der Waals surface area contributed by atoms with Crippen LogP contribution in [0.3, 0.4) is 0 Å². The predicted molar refractivity (Wildman–Crippen MR) is 160 cm³/mol. The number of carbonyl (C=O) groups excluding carboxylic acids is 2. The molecule has 0 aromatic carbocycles. The Bertz CT molecular complexity index is 1330. The summed E-state index contributed by atoms with van der Waals surface area (Å²) in [4.78, 5) is 32.1. The van der Waals surface area contributed by atoms with E-state index in [0.29, 0.717) is 0 Å². The molecule has 0 saturated heterocycles. The SMILES string of the molecule is CCCc1c(Cc2[nH]c(/C=C3\NC(=O)C(C)=C3CC)c(C)c2CCC)[nH]c(/C=C2\NC(=O)C(C)=C2CC)c1C. The van der Waals surface area contributed by atoms with Crippen LogP contribution in [0.5, 0.6) is 0 Å². The number of amides is 2. The van der Waals surface area contributed by atoms with Gasteiger partial charge in [0.2, 0.25) is 0 Å². The van der Waals surface area contributed by atoms with Crippen LogP contribution < -0.4 is 10.6 Å². The fraction of sp³-hybridized carbons (Fsp3) is 0.455. The molecular weight excluding hydrogens is 484 g/mol. The maximum Gasteiger partial charge on any atom is 0.251 e. The van der Waals surface area contributed by atoms with Crippen molar-refractivity contribution in [2.45, 2.75) is 100 Å². The summed E-state index contributed by atoms with van der Waals surface area (Å²) in [7, 11) is 0. The summed E-state index contributed by atoms with van der Waals surface area (Å²) in [6.07, 6.45) is 10.8. The molecule has 0 bridgehead atoms. The molecule has 0 saturated carbocycles. The first-order chi connectivity index (χ1) is 18.6. The van der Waals surface area contributed by atoms with Crippen LogP contribution in [0.4, 0.5) is 0 Å². The van der Waals surface area contributed by atoms with Crippen LogP contribution in [0, 0.1) is 13.8 Å². The molecule has 2 aliphatic heterocycles. The topological polar surface area (TPSA) is 89.8 Å². The molecule has 4 heterocycles. The molecule has 0 aliphatic carbocycles. The highest BCUT2D eigenvalue weighted by Crippen LogP contribution is 2.32. The highest BCUT2D eigenvalue weighted by Gasteiger charge is 2.25. The maximum atomic E-state index is 12.3. The Morgan fingerprint density at radius 1 is 0.615 bits per heavy atom. The molecule has 2 aliphatic rings. The van der Waals surface area contributed by atoms with Crippen molar-refractivity contribution in [2.24, 2.45) is 0 Å². The summed E-state index contributed by atoms with van der Waals surface area (Å²) in [6.45, 7) is 16.8. The zero-order chi connectivity index (χ0) is 28.4. The normalized spacial score (nSPS) is 17.8. The van der Waals surface area contributed by atoms with Gasteiger partial charge in [0.25, 0.3) is 11.8 Å². The van der Waals surface area contributed by atoms with Crippen LogP contribution in [0.2, 0.25) is 0 Å². The van der Waals surface area contributed by atoms with Gasteiger partial charge in [0.05, 0.1) is 0 Å².